The average molecular weight is 280 g/mol. The van der Waals surface area contributed by atoms with Crippen molar-refractivity contribution in [3.8, 4) is 11.5 Å². The van der Waals surface area contributed by atoms with Crippen molar-refractivity contribution in [2.45, 2.75) is 25.8 Å². The molecule has 3 nitrogen and oxygen atoms in total. The highest BCUT2D eigenvalue weighted by Crippen LogP contribution is 2.35. The van der Waals surface area contributed by atoms with Gasteiger partial charge in [-0.05, 0) is 19.4 Å². The summed E-state index contributed by atoms with van der Waals surface area (Å²) >= 11 is 5.92. The zero-order chi connectivity index (χ0) is 13.7. The van der Waals surface area contributed by atoms with Crippen molar-refractivity contribution in [2.75, 3.05) is 13.7 Å². The second kappa shape index (κ2) is 6.75. The SMILES string of the molecule is COc1cc(Cl)cc(CC(C)N)c1OCC(F)F. The van der Waals surface area contributed by atoms with E-state index in [4.69, 9.17) is 26.8 Å². The first-order valence-corrected chi connectivity index (χ1v) is 5.84. The molecular formula is C12H16ClF2NO2. The van der Waals surface area contributed by atoms with E-state index in [0.717, 1.165) is 0 Å². The summed E-state index contributed by atoms with van der Waals surface area (Å²) in [6, 6.07) is 3.03. The van der Waals surface area contributed by atoms with Gasteiger partial charge in [-0.25, -0.2) is 8.78 Å². The lowest BCUT2D eigenvalue weighted by Crippen LogP contribution is -2.19. The summed E-state index contributed by atoms with van der Waals surface area (Å²) < 4.78 is 34.6. The number of halogens is 3. The molecule has 102 valence electrons. The number of ether oxygens (including phenoxy) is 2. The Balaban J connectivity index is 3.07. The molecule has 0 aliphatic heterocycles. The maximum Gasteiger partial charge on any atom is 0.272 e. The second-order valence-corrected chi connectivity index (χ2v) is 4.42. The number of rotatable bonds is 6. The molecule has 1 rings (SSSR count). The Kier molecular flexibility index (Phi) is 5.62. The topological polar surface area (TPSA) is 44.5 Å². The van der Waals surface area contributed by atoms with E-state index in [0.29, 0.717) is 22.8 Å². The van der Waals surface area contributed by atoms with E-state index < -0.39 is 13.0 Å². The quantitative estimate of drug-likeness (QED) is 0.871. The molecule has 0 bridgehead atoms. The van der Waals surface area contributed by atoms with Gasteiger partial charge in [0, 0.05) is 22.7 Å². The summed E-state index contributed by atoms with van der Waals surface area (Å²) in [4.78, 5) is 0. The van der Waals surface area contributed by atoms with Crippen LogP contribution in [0, 0.1) is 0 Å². The monoisotopic (exact) mass is 279 g/mol. The standard InChI is InChI=1S/C12H16ClF2NO2/c1-7(16)3-8-4-9(13)5-10(17-2)12(8)18-6-11(14)15/h4-5,7,11H,3,6,16H2,1-2H3. The van der Waals surface area contributed by atoms with Gasteiger partial charge in [0.25, 0.3) is 6.43 Å². The minimum absolute atomic E-state index is 0.137. The molecule has 0 aliphatic carbocycles. The molecule has 0 spiro atoms. The Morgan fingerprint density at radius 3 is 2.56 bits per heavy atom. The predicted molar refractivity (Wildman–Crippen MR) is 66.9 cm³/mol. The average Bonchev–Trinajstić information content (AvgIpc) is 2.25. The van der Waals surface area contributed by atoms with Crippen LogP contribution in [-0.2, 0) is 6.42 Å². The summed E-state index contributed by atoms with van der Waals surface area (Å²) in [5.74, 6) is 0.610. The minimum atomic E-state index is -2.55. The maximum atomic E-state index is 12.2. The lowest BCUT2D eigenvalue weighted by Gasteiger charge is -2.16. The molecule has 0 saturated heterocycles. The van der Waals surface area contributed by atoms with Crippen molar-refractivity contribution >= 4 is 11.6 Å². The highest BCUT2D eigenvalue weighted by molar-refractivity contribution is 6.30. The number of hydrogen-bond donors (Lipinski definition) is 1. The van der Waals surface area contributed by atoms with E-state index in [-0.39, 0.29) is 11.8 Å². The van der Waals surface area contributed by atoms with Crippen LogP contribution in [0.5, 0.6) is 11.5 Å². The normalized spacial score (nSPS) is 12.6. The molecule has 0 fully saturated rings. The fourth-order valence-corrected chi connectivity index (χ4v) is 1.81. The number of benzene rings is 1. The van der Waals surface area contributed by atoms with E-state index in [9.17, 15) is 8.78 Å². The summed E-state index contributed by atoms with van der Waals surface area (Å²) in [5, 5.41) is 0.451. The van der Waals surface area contributed by atoms with Gasteiger partial charge >= 0.3 is 0 Å². The fourth-order valence-electron chi connectivity index (χ4n) is 1.58. The van der Waals surface area contributed by atoms with E-state index in [1.807, 2.05) is 6.92 Å². The Morgan fingerprint density at radius 1 is 1.39 bits per heavy atom. The number of nitrogens with two attached hydrogens (primary N) is 1. The molecule has 0 saturated carbocycles. The smallest absolute Gasteiger partial charge is 0.272 e. The van der Waals surface area contributed by atoms with Crippen LogP contribution in [-0.4, -0.2) is 26.2 Å². The van der Waals surface area contributed by atoms with Gasteiger partial charge in [-0.2, -0.15) is 0 Å². The Hall–Kier alpha value is -1.07. The van der Waals surface area contributed by atoms with E-state index in [2.05, 4.69) is 0 Å². The largest absolute Gasteiger partial charge is 0.493 e. The van der Waals surface area contributed by atoms with Gasteiger partial charge in [0.2, 0.25) is 0 Å². The van der Waals surface area contributed by atoms with Crippen LogP contribution in [0.4, 0.5) is 8.78 Å². The molecular weight excluding hydrogens is 264 g/mol. The first-order valence-electron chi connectivity index (χ1n) is 5.47. The third-order valence-corrected chi connectivity index (χ3v) is 2.43. The highest BCUT2D eigenvalue weighted by atomic mass is 35.5. The van der Waals surface area contributed by atoms with Crippen molar-refractivity contribution in [1.82, 2.24) is 0 Å². The van der Waals surface area contributed by atoms with E-state index in [1.54, 1.807) is 6.07 Å². The van der Waals surface area contributed by atoms with Crippen LogP contribution in [0.1, 0.15) is 12.5 Å². The van der Waals surface area contributed by atoms with Crippen molar-refractivity contribution in [3.63, 3.8) is 0 Å². The van der Waals surface area contributed by atoms with Crippen molar-refractivity contribution < 1.29 is 18.3 Å². The molecule has 2 N–H and O–H groups in total. The van der Waals surface area contributed by atoms with Gasteiger partial charge < -0.3 is 15.2 Å². The third-order valence-electron chi connectivity index (χ3n) is 2.21. The second-order valence-electron chi connectivity index (χ2n) is 3.98. The highest BCUT2D eigenvalue weighted by Gasteiger charge is 2.16. The Bertz CT molecular complexity index is 400. The molecule has 1 aromatic rings. The van der Waals surface area contributed by atoms with Gasteiger partial charge in [-0.15, -0.1) is 0 Å². The Morgan fingerprint density at radius 2 is 2.06 bits per heavy atom. The first kappa shape index (κ1) is 15.0. The van der Waals surface area contributed by atoms with E-state index in [1.165, 1.54) is 13.2 Å². The fraction of sp³-hybridized carbons (Fsp3) is 0.500. The predicted octanol–water partition coefficient (Wildman–Crippen LogP) is 2.88. The molecule has 6 heteroatoms. The van der Waals surface area contributed by atoms with Crippen LogP contribution in [0.15, 0.2) is 12.1 Å². The summed E-state index contributed by atoms with van der Waals surface area (Å²) in [6.07, 6.45) is -2.08. The van der Waals surface area contributed by atoms with Crippen LogP contribution in [0.25, 0.3) is 0 Å². The van der Waals surface area contributed by atoms with Crippen LogP contribution >= 0.6 is 11.6 Å². The van der Waals surface area contributed by atoms with Crippen LogP contribution in [0.2, 0.25) is 5.02 Å². The van der Waals surface area contributed by atoms with Gasteiger partial charge in [0.05, 0.1) is 7.11 Å². The van der Waals surface area contributed by atoms with Gasteiger partial charge in [-0.1, -0.05) is 11.6 Å². The van der Waals surface area contributed by atoms with Crippen LogP contribution < -0.4 is 15.2 Å². The molecule has 0 aliphatic rings. The minimum Gasteiger partial charge on any atom is -0.493 e. The molecule has 0 amide bonds. The number of hydrogen-bond acceptors (Lipinski definition) is 3. The van der Waals surface area contributed by atoms with Gasteiger partial charge in [0.15, 0.2) is 11.5 Å². The van der Waals surface area contributed by atoms with Gasteiger partial charge in [-0.3, -0.25) is 0 Å². The zero-order valence-corrected chi connectivity index (χ0v) is 11.0. The van der Waals surface area contributed by atoms with Crippen molar-refractivity contribution in [1.29, 1.82) is 0 Å². The third kappa shape index (κ3) is 4.31. The van der Waals surface area contributed by atoms with Crippen molar-refractivity contribution in [3.05, 3.63) is 22.7 Å². The zero-order valence-electron chi connectivity index (χ0n) is 10.3. The van der Waals surface area contributed by atoms with Gasteiger partial charge in [0.1, 0.15) is 6.61 Å². The molecule has 0 aromatic heterocycles. The van der Waals surface area contributed by atoms with Crippen LogP contribution in [0.3, 0.4) is 0 Å². The lowest BCUT2D eigenvalue weighted by atomic mass is 10.1. The summed E-state index contributed by atoms with van der Waals surface area (Å²) in [7, 11) is 1.43. The molecule has 1 aromatic carbocycles. The molecule has 0 heterocycles. The molecule has 0 radical (unpaired) electrons. The molecule has 1 unspecified atom stereocenters. The number of alkyl halides is 2. The molecule has 18 heavy (non-hydrogen) atoms. The summed E-state index contributed by atoms with van der Waals surface area (Å²) in [5.41, 5.74) is 6.37. The first-order chi connectivity index (χ1) is 8.43. The molecule has 1 atom stereocenters. The summed E-state index contributed by atoms with van der Waals surface area (Å²) in [6.45, 7) is 1.12. The van der Waals surface area contributed by atoms with E-state index >= 15 is 0 Å². The Labute approximate surface area is 110 Å². The maximum absolute atomic E-state index is 12.2. The number of methoxy groups -OCH3 is 1. The lowest BCUT2D eigenvalue weighted by molar-refractivity contribution is 0.0799. The van der Waals surface area contributed by atoms with Crippen molar-refractivity contribution in [2.24, 2.45) is 5.73 Å².